The van der Waals surface area contributed by atoms with Crippen molar-refractivity contribution in [1.29, 1.82) is 0 Å². The predicted octanol–water partition coefficient (Wildman–Crippen LogP) is 3.41. The molecule has 0 aliphatic rings. The fraction of sp³-hybridized carbons (Fsp3) is 0.353. The van der Waals surface area contributed by atoms with Crippen LogP contribution in [0.5, 0.6) is 0 Å². The topological polar surface area (TPSA) is 79.3 Å². The molecule has 0 saturated heterocycles. The monoisotopic (exact) mass is 366 g/mol. The van der Waals surface area contributed by atoms with Gasteiger partial charge in [-0.1, -0.05) is 23.7 Å². The van der Waals surface area contributed by atoms with Gasteiger partial charge in [-0.3, -0.25) is 9.59 Å². The quantitative estimate of drug-likeness (QED) is 0.750. The van der Waals surface area contributed by atoms with E-state index in [2.05, 4.69) is 10.3 Å². The number of thiazole rings is 1. The number of rotatable bonds is 8. The van der Waals surface area contributed by atoms with Crippen LogP contribution in [-0.2, 0) is 16.0 Å². The Morgan fingerprint density at radius 2 is 2.04 bits per heavy atom. The minimum Gasteiger partial charge on any atom is -0.481 e. The van der Waals surface area contributed by atoms with Crippen molar-refractivity contribution >= 4 is 34.8 Å². The molecular formula is C17H19ClN2O3S. The Bertz CT molecular complexity index is 700. The molecular weight excluding hydrogens is 348 g/mol. The molecule has 5 nitrogen and oxygen atoms in total. The summed E-state index contributed by atoms with van der Waals surface area (Å²) in [6, 6.07) is 7.03. The highest BCUT2D eigenvalue weighted by Gasteiger charge is 2.17. The van der Waals surface area contributed by atoms with Crippen LogP contribution in [0.15, 0.2) is 29.8 Å². The van der Waals surface area contributed by atoms with Crippen LogP contribution < -0.4 is 5.32 Å². The van der Waals surface area contributed by atoms with Crippen LogP contribution in [0.1, 0.15) is 34.9 Å². The maximum atomic E-state index is 12.0. The van der Waals surface area contributed by atoms with Crippen LogP contribution in [0, 0.1) is 6.92 Å². The molecule has 1 atom stereocenters. The molecule has 1 amide bonds. The first kappa shape index (κ1) is 18.4. The highest BCUT2D eigenvalue weighted by Crippen LogP contribution is 2.21. The number of hydrogen-bond donors (Lipinski definition) is 2. The largest absolute Gasteiger partial charge is 0.481 e. The second-order valence-electron chi connectivity index (χ2n) is 5.51. The van der Waals surface area contributed by atoms with Crippen LogP contribution >= 0.6 is 22.9 Å². The predicted molar refractivity (Wildman–Crippen MR) is 94.6 cm³/mol. The third-order valence-corrected chi connectivity index (χ3v) is 4.98. The van der Waals surface area contributed by atoms with Crippen molar-refractivity contribution in [1.82, 2.24) is 10.3 Å². The van der Waals surface area contributed by atoms with Gasteiger partial charge in [0.15, 0.2) is 0 Å². The van der Waals surface area contributed by atoms with Gasteiger partial charge in [-0.15, -0.1) is 11.3 Å². The number of aromatic nitrogens is 1. The number of carbonyl (C=O) groups excluding carboxylic acids is 1. The van der Waals surface area contributed by atoms with E-state index in [1.54, 1.807) is 41.1 Å². The molecule has 2 N–H and O–H groups in total. The van der Waals surface area contributed by atoms with Crippen molar-refractivity contribution in [3.05, 3.63) is 50.9 Å². The van der Waals surface area contributed by atoms with Crippen molar-refractivity contribution in [3.8, 4) is 0 Å². The Kier molecular flexibility index (Phi) is 6.75. The van der Waals surface area contributed by atoms with E-state index in [-0.39, 0.29) is 24.8 Å². The number of carbonyl (C=O) groups is 2. The van der Waals surface area contributed by atoms with Crippen molar-refractivity contribution in [2.45, 2.75) is 32.1 Å². The lowest BCUT2D eigenvalue weighted by atomic mass is 9.95. The molecule has 1 aromatic heterocycles. The minimum absolute atomic E-state index is 0.0458. The third kappa shape index (κ3) is 5.62. The molecule has 2 aromatic rings. The molecule has 7 heteroatoms. The fourth-order valence-electron chi connectivity index (χ4n) is 2.37. The summed E-state index contributed by atoms with van der Waals surface area (Å²) in [6.07, 6.45) is 0.964. The van der Waals surface area contributed by atoms with Gasteiger partial charge in [0.25, 0.3) is 0 Å². The molecule has 0 radical (unpaired) electrons. The SMILES string of the molecule is Cc1ncsc1CCC(=O)NC[C@H](CC(=O)O)c1ccc(Cl)cc1. The fourth-order valence-corrected chi connectivity index (χ4v) is 3.28. The summed E-state index contributed by atoms with van der Waals surface area (Å²) in [5.74, 6) is -1.27. The van der Waals surface area contributed by atoms with E-state index in [1.165, 1.54) is 0 Å². The first-order chi connectivity index (χ1) is 11.5. The zero-order chi connectivity index (χ0) is 17.5. The van der Waals surface area contributed by atoms with Crippen molar-refractivity contribution < 1.29 is 14.7 Å². The lowest BCUT2D eigenvalue weighted by molar-refractivity contribution is -0.137. The number of hydrogen-bond acceptors (Lipinski definition) is 4. The summed E-state index contributed by atoms with van der Waals surface area (Å²) in [6.45, 7) is 2.21. The van der Waals surface area contributed by atoms with Gasteiger partial charge in [0, 0.05) is 28.8 Å². The van der Waals surface area contributed by atoms with Crippen molar-refractivity contribution in [2.75, 3.05) is 6.54 Å². The molecule has 0 bridgehead atoms. The van der Waals surface area contributed by atoms with Gasteiger partial charge < -0.3 is 10.4 Å². The molecule has 128 valence electrons. The van der Waals surface area contributed by atoms with Crippen LogP contribution in [0.4, 0.5) is 0 Å². The van der Waals surface area contributed by atoms with Gasteiger partial charge in [0.1, 0.15) is 0 Å². The lowest BCUT2D eigenvalue weighted by Gasteiger charge is -2.16. The summed E-state index contributed by atoms with van der Waals surface area (Å²) in [4.78, 5) is 28.4. The number of aryl methyl sites for hydroxylation is 2. The average Bonchev–Trinajstić information content (AvgIpc) is 2.95. The number of halogens is 1. The molecule has 2 rings (SSSR count). The van der Waals surface area contributed by atoms with Crippen molar-refractivity contribution in [2.24, 2.45) is 0 Å². The molecule has 1 aromatic carbocycles. The van der Waals surface area contributed by atoms with E-state index in [0.29, 0.717) is 17.9 Å². The standard InChI is InChI=1S/C17H19ClN2O3S/c1-11-15(24-10-20-11)6-7-16(21)19-9-13(8-17(22)23)12-2-4-14(18)5-3-12/h2-5,10,13H,6-9H2,1H3,(H,19,21)(H,22,23)/t13-/m0/s1. The number of nitrogens with one attached hydrogen (secondary N) is 1. The van der Waals surface area contributed by atoms with Gasteiger partial charge in [-0.2, -0.15) is 0 Å². The van der Waals surface area contributed by atoms with E-state index in [0.717, 1.165) is 16.1 Å². The Hall–Kier alpha value is -1.92. The third-order valence-electron chi connectivity index (χ3n) is 3.73. The number of benzene rings is 1. The molecule has 0 fully saturated rings. The van der Waals surface area contributed by atoms with E-state index in [9.17, 15) is 9.59 Å². The Labute approximate surface area is 149 Å². The van der Waals surface area contributed by atoms with E-state index in [4.69, 9.17) is 16.7 Å². The van der Waals surface area contributed by atoms with Crippen LogP contribution in [0.2, 0.25) is 5.02 Å². The number of nitrogens with zero attached hydrogens (tertiary/aromatic N) is 1. The van der Waals surface area contributed by atoms with Crippen LogP contribution in [-0.4, -0.2) is 28.5 Å². The molecule has 0 spiro atoms. The Morgan fingerprint density at radius 3 is 2.62 bits per heavy atom. The van der Waals surface area contributed by atoms with Gasteiger partial charge in [0.2, 0.25) is 5.91 Å². The van der Waals surface area contributed by atoms with Crippen molar-refractivity contribution in [3.63, 3.8) is 0 Å². The van der Waals surface area contributed by atoms with Gasteiger partial charge in [-0.25, -0.2) is 4.98 Å². The number of carboxylic acids is 1. The average molecular weight is 367 g/mol. The minimum atomic E-state index is -0.899. The first-order valence-electron chi connectivity index (χ1n) is 7.58. The van der Waals surface area contributed by atoms with Gasteiger partial charge >= 0.3 is 5.97 Å². The van der Waals surface area contributed by atoms with Crippen LogP contribution in [0.3, 0.4) is 0 Å². The molecule has 24 heavy (non-hydrogen) atoms. The first-order valence-corrected chi connectivity index (χ1v) is 8.84. The zero-order valence-electron chi connectivity index (χ0n) is 13.3. The van der Waals surface area contributed by atoms with Gasteiger partial charge in [0.05, 0.1) is 17.6 Å². The Balaban J connectivity index is 1.89. The maximum Gasteiger partial charge on any atom is 0.304 e. The molecule has 0 saturated carbocycles. The second-order valence-corrected chi connectivity index (χ2v) is 6.89. The summed E-state index contributed by atoms with van der Waals surface area (Å²) >= 11 is 7.40. The zero-order valence-corrected chi connectivity index (χ0v) is 14.9. The number of amides is 1. The van der Waals surface area contributed by atoms with E-state index in [1.807, 2.05) is 6.92 Å². The van der Waals surface area contributed by atoms with E-state index < -0.39 is 5.97 Å². The van der Waals surface area contributed by atoms with Crippen LogP contribution in [0.25, 0.3) is 0 Å². The highest BCUT2D eigenvalue weighted by atomic mass is 35.5. The number of carboxylic acid groups (broad SMARTS) is 1. The molecule has 1 heterocycles. The summed E-state index contributed by atoms with van der Waals surface area (Å²) in [7, 11) is 0. The summed E-state index contributed by atoms with van der Waals surface area (Å²) in [5, 5.41) is 12.5. The lowest BCUT2D eigenvalue weighted by Crippen LogP contribution is -2.29. The summed E-state index contributed by atoms with van der Waals surface area (Å²) in [5.41, 5.74) is 3.57. The Morgan fingerprint density at radius 1 is 1.33 bits per heavy atom. The molecule has 0 aliphatic carbocycles. The molecule has 0 aliphatic heterocycles. The van der Waals surface area contributed by atoms with E-state index >= 15 is 0 Å². The smallest absolute Gasteiger partial charge is 0.304 e. The number of aliphatic carboxylic acids is 1. The highest BCUT2D eigenvalue weighted by molar-refractivity contribution is 7.09. The maximum absolute atomic E-state index is 12.0. The second kappa shape index (κ2) is 8.80. The van der Waals surface area contributed by atoms with Gasteiger partial charge in [-0.05, 0) is 31.0 Å². The summed E-state index contributed by atoms with van der Waals surface area (Å²) < 4.78 is 0. The molecule has 0 unspecified atom stereocenters. The normalized spacial score (nSPS) is 11.9.